The van der Waals surface area contributed by atoms with Gasteiger partial charge in [0.1, 0.15) is 17.1 Å². The second-order valence-electron chi connectivity index (χ2n) is 7.17. The van der Waals surface area contributed by atoms with Gasteiger partial charge in [-0.25, -0.2) is 9.97 Å². The third-order valence-electron chi connectivity index (χ3n) is 4.99. The number of aryl methyl sites for hydroxylation is 1. The minimum absolute atomic E-state index is 0.0796. The predicted octanol–water partition coefficient (Wildman–Crippen LogP) is 4.40. The fraction of sp³-hybridized carbons (Fsp3) is 0.381. The van der Waals surface area contributed by atoms with E-state index in [0.717, 1.165) is 29.0 Å². The van der Waals surface area contributed by atoms with Crippen LogP contribution in [0.5, 0.6) is 5.75 Å². The summed E-state index contributed by atoms with van der Waals surface area (Å²) < 4.78 is 5.81. The molecule has 1 atom stereocenters. The molecule has 2 aromatic heterocycles. The second kappa shape index (κ2) is 8.14. The number of aromatic nitrogens is 2. The highest BCUT2D eigenvalue weighted by atomic mass is 32.1. The van der Waals surface area contributed by atoms with E-state index in [9.17, 15) is 4.79 Å². The summed E-state index contributed by atoms with van der Waals surface area (Å²) in [5.41, 5.74) is 1.68. The van der Waals surface area contributed by atoms with Gasteiger partial charge in [-0.2, -0.15) is 0 Å². The quantitative estimate of drug-likeness (QED) is 0.692. The summed E-state index contributed by atoms with van der Waals surface area (Å²) in [6.45, 7) is 5.09. The normalized spacial score (nSPS) is 16.9. The zero-order chi connectivity index (χ0) is 19.5. The molecule has 0 aliphatic carbocycles. The first-order valence-corrected chi connectivity index (χ1v) is 10.5. The number of para-hydroxylation sites is 1. The monoisotopic (exact) mass is 396 g/mol. The Labute approximate surface area is 168 Å². The molecular formula is C21H24N4O2S. The molecular weight excluding hydrogens is 372 g/mol. The smallest absolute Gasteiger partial charge is 0.264 e. The Balaban J connectivity index is 1.51. The molecule has 28 heavy (non-hydrogen) atoms. The van der Waals surface area contributed by atoms with E-state index >= 15 is 0 Å². The molecule has 3 aromatic rings. The van der Waals surface area contributed by atoms with E-state index in [1.807, 2.05) is 30.5 Å². The molecule has 0 radical (unpaired) electrons. The van der Waals surface area contributed by atoms with E-state index in [2.05, 4.69) is 34.3 Å². The molecule has 1 fully saturated rings. The van der Waals surface area contributed by atoms with Crippen LogP contribution in [-0.2, 0) is 4.79 Å². The van der Waals surface area contributed by atoms with Crippen molar-refractivity contribution >= 4 is 39.1 Å². The number of pyridine rings is 1. The minimum atomic E-state index is -0.229. The molecule has 1 saturated heterocycles. The van der Waals surface area contributed by atoms with Crippen molar-refractivity contribution in [1.82, 2.24) is 9.97 Å². The first-order chi connectivity index (χ1) is 13.6. The molecule has 6 nitrogen and oxygen atoms in total. The third kappa shape index (κ3) is 4.09. The number of piperidine rings is 1. The molecule has 1 unspecified atom stereocenters. The average Bonchev–Trinajstić information content (AvgIpc) is 3.11. The molecule has 0 bridgehead atoms. The molecule has 1 aliphatic heterocycles. The van der Waals surface area contributed by atoms with Gasteiger partial charge in [0.2, 0.25) is 0 Å². The summed E-state index contributed by atoms with van der Waals surface area (Å²) in [5.74, 6) is 1.36. The minimum Gasteiger partial charge on any atom is -0.481 e. The maximum absolute atomic E-state index is 12.2. The largest absolute Gasteiger partial charge is 0.481 e. The highest BCUT2D eigenvalue weighted by Gasteiger charge is 2.20. The van der Waals surface area contributed by atoms with Crippen molar-refractivity contribution in [2.75, 3.05) is 23.4 Å². The first kappa shape index (κ1) is 18.7. The molecule has 146 valence electrons. The summed E-state index contributed by atoms with van der Waals surface area (Å²) in [7, 11) is 0. The zero-order valence-corrected chi connectivity index (χ0v) is 17.0. The number of benzene rings is 1. The third-order valence-corrected chi connectivity index (χ3v) is 5.87. The van der Waals surface area contributed by atoms with Crippen LogP contribution in [0.15, 0.2) is 35.7 Å². The summed E-state index contributed by atoms with van der Waals surface area (Å²) in [4.78, 5) is 23.7. The molecule has 0 saturated carbocycles. The number of nitrogens with one attached hydrogen (secondary N) is 1. The fourth-order valence-corrected chi connectivity index (χ4v) is 4.24. The lowest BCUT2D eigenvalue weighted by molar-refractivity contribution is -0.118. The number of rotatable bonds is 5. The average molecular weight is 397 g/mol. The lowest BCUT2D eigenvalue weighted by Gasteiger charge is -2.34. The number of amides is 1. The van der Waals surface area contributed by atoms with Crippen molar-refractivity contribution in [2.45, 2.75) is 39.2 Å². The number of carbonyl (C=O) groups is 1. The van der Waals surface area contributed by atoms with Crippen LogP contribution in [0, 0.1) is 6.92 Å². The summed E-state index contributed by atoms with van der Waals surface area (Å²) in [6, 6.07) is 10.4. The van der Waals surface area contributed by atoms with Crippen molar-refractivity contribution < 1.29 is 9.53 Å². The standard InChI is InChI=1S/C21H24N4O2S/c1-14-13-28-21(22-14)24-19(26)12-27-17-8-5-7-16-9-10-18(23-20(16)17)25-11-4-3-6-15(25)2/h5,7-10,13,15H,3-4,6,11-12H2,1-2H3,(H,22,24,26). The number of nitrogens with zero attached hydrogens (tertiary/aromatic N) is 3. The lowest BCUT2D eigenvalue weighted by Crippen LogP contribution is -2.37. The summed E-state index contributed by atoms with van der Waals surface area (Å²) >= 11 is 1.40. The van der Waals surface area contributed by atoms with Crippen LogP contribution in [0.1, 0.15) is 31.9 Å². The van der Waals surface area contributed by atoms with E-state index < -0.39 is 0 Å². The predicted molar refractivity (Wildman–Crippen MR) is 113 cm³/mol. The van der Waals surface area contributed by atoms with E-state index in [-0.39, 0.29) is 12.5 Å². The summed E-state index contributed by atoms with van der Waals surface area (Å²) in [5, 5.41) is 6.25. The number of hydrogen-bond acceptors (Lipinski definition) is 6. The van der Waals surface area contributed by atoms with Crippen molar-refractivity contribution in [1.29, 1.82) is 0 Å². The van der Waals surface area contributed by atoms with E-state index in [0.29, 0.717) is 16.9 Å². The van der Waals surface area contributed by atoms with Crippen LogP contribution >= 0.6 is 11.3 Å². The second-order valence-corrected chi connectivity index (χ2v) is 8.02. The molecule has 1 amide bonds. The van der Waals surface area contributed by atoms with E-state index in [4.69, 9.17) is 9.72 Å². The van der Waals surface area contributed by atoms with Crippen LogP contribution in [0.3, 0.4) is 0 Å². The molecule has 3 heterocycles. The van der Waals surface area contributed by atoms with E-state index in [1.165, 1.54) is 30.6 Å². The maximum Gasteiger partial charge on any atom is 0.264 e. The van der Waals surface area contributed by atoms with Crippen LogP contribution in [0.4, 0.5) is 10.9 Å². The van der Waals surface area contributed by atoms with Gasteiger partial charge in [-0.3, -0.25) is 10.1 Å². The van der Waals surface area contributed by atoms with Gasteiger partial charge >= 0.3 is 0 Å². The summed E-state index contributed by atoms with van der Waals surface area (Å²) in [6.07, 6.45) is 3.65. The molecule has 1 aliphatic rings. The van der Waals surface area contributed by atoms with Gasteiger partial charge < -0.3 is 9.64 Å². The van der Waals surface area contributed by atoms with Crippen molar-refractivity contribution in [3.8, 4) is 5.75 Å². The van der Waals surface area contributed by atoms with Gasteiger partial charge in [0.15, 0.2) is 11.7 Å². The number of hydrogen-bond donors (Lipinski definition) is 1. The van der Waals surface area contributed by atoms with Crippen molar-refractivity contribution in [3.63, 3.8) is 0 Å². The zero-order valence-electron chi connectivity index (χ0n) is 16.1. The van der Waals surface area contributed by atoms with Crippen LogP contribution in [0.25, 0.3) is 10.9 Å². The van der Waals surface area contributed by atoms with E-state index in [1.54, 1.807) is 0 Å². The number of carbonyl (C=O) groups excluding carboxylic acids is 1. The Morgan fingerprint density at radius 2 is 2.18 bits per heavy atom. The first-order valence-electron chi connectivity index (χ1n) is 9.61. The highest BCUT2D eigenvalue weighted by Crippen LogP contribution is 2.29. The van der Waals surface area contributed by atoms with Gasteiger partial charge in [-0.15, -0.1) is 11.3 Å². The van der Waals surface area contributed by atoms with Gasteiger partial charge in [0, 0.05) is 23.4 Å². The Morgan fingerprint density at radius 1 is 1.29 bits per heavy atom. The van der Waals surface area contributed by atoms with Gasteiger partial charge in [0.25, 0.3) is 5.91 Å². The van der Waals surface area contributed by atoms with Crippen molar-refractivity contribution in [2.24, 2.45) is 0 Å². The number of ether oxygens (including phenoxy) is 1. The Kier molecular flexibility index (Phi) is 5.43. The number of thiazole rings is 1. The Bertz CT molecular complexity index is 987. The lowest BCUT2D eigenvalue weighted by atomic mass is 10.0. The van der Waals surface area contributed by atoms with Gasteiger partial charge in [0.05, 0.1) is 5.69 Å². The highest BCUT2D eigenvalue weighted by molar-refractivity contribution is 7.13. The molecule has 4 rings (SSSR count). The maximum atomic E-state index is 12.2. The van der Waals surface area contributed by atoms with Crippen LogP contribution in [-0.4, -0.2) is 35.1 Å². The Morgan fingerprint density at radius 3 is 2.96 bits per heavy atom. The SMILES string of the molecule is Cc1csc(NC(=O)COc2cccc3ccc(N4CCCCC4C)nc23)n1. The van der Waals surface area contributed by atoms with Crippen molar-refractivity contribution in [3.05, 3.63) is 41.4 Å². The topological polar surface area (TPSA) is 67.3 Å². The molecule has 7 heteroatoms. The Hall–Kier alpha value is -2.67. The molecule has 1 aromatic carbocycles. The molecule has 1 N–H and O–H groups in total. The number of anilines is 2. The van der Waals surface area contributed by atoms with Gasteiger partial charge in [-0.1, -0.05) is 12.1 Å². The molecule has 0 spiro atoms. The van der Waals surface area contributed by atoms with Crippen LogP contribution in [0.2, 0.25) is 0 Å². The van der Waals surface area contributed by atoms with Gasteiger partial charge in [-0.05, 0) is 51.3 Å². The fourth-order valence-electron chi connectivity index (χ4n) is 3.53. The van der Waals surface area contributed by atoms with Crippen LogP contribution < -0.4 is 15.0 Å². The number of fused-ring (bicyclic) bond motifs is 1.